The van der Waals surface area contributed by atoms with Crippen molar-refractivity contribution in [3.05, 3.63) is 0 Å². The number of hydrogen-bond donors (Lipinski definition) is 6. The monoisotopic (exact) mass is 632 g/mol. The number of carbonyl (C=O) groups excluding carboxylic acids is 5. The lowest BCUT2D eigenvalue weighted by Crippen LogP contribution is -2.50. The third kappa shape index (κ3) is 14.5. The topological polar surface area (TPSA) is 212 Å². The molecule has 0 bridgehead atoms. The van der Waals surface area contributed by atoms with Gasteiger partial charge in [-0.15, -0.1) is 0 Å². The zero-order chi connectivity index (χ0) is 32.3. The van der Waals surface area contributed by atoms with E-state index in [9.17, 15) is 24.0 Å². The number of rotatable bonds is 13. The number of ether oxygens (including phenoxy) is 2. The molecular weight excluding hydrogens is 584 g/mol. The van der Waals surface area contributed by atoms with Crippen molar-refractivity contribution in [1.29, 1.82) is 5.26 Å². The predicted molar refractivity (Wildman–Crippen MR) is 163 cm³/mol. The van der Waals surface area contributed by atoms with Crippen LogP contribution < -0.4 is 31.9 Å². The average molecular weight is 633 g/mol. The van der Waals surface area contributed by atoms with E-state index in [-0.39, 0.29) is 61.4 Å². The molecule has 0 saturated heterocycles. The maximum Gasteiger partial charge on any atom is 0.407 e. The molecule has 0 aliphatic heterocycles. The lowest BCUT2D eigenvalue weighted by molar-refractivity contribution is 0.136. The fraction of sp³-hybridized carbons (Fsp3) is 0.800. The summed E-state index contributed by atoms with van der Waals surface area (Å²) in [6.07, 6.45) is 11.0. The van der Waals surface area contributed by atoms with E-state index in [2.05, 4.69) is 43.0 Å². The molecule has 0 aromatic rings. The zero-order valence-electron chi connectivity index (χ0n) is 25.9. The summed E-state index contributed by atoms with van der Waals surface area (Å²) in [5.41, 5.74) is 0. The van der Waals surface area contributed by atoms with Crippen LogP contribution in [0.15, 0.2) is 4.99 Å². The minimum Gasteiger partial charge on any atom is -0.449 e. The number of hydrogen-bond acceptors (Lipinski definition) is 9. The molecule has 3 aliphatic carbocycles. The van der Waals surface area contributed by atoms with Crippen LogP contribution in [0.4, 0.5) is 19.2 Å². The Kier molecular flexibility index (Phi) is 15.8. The molecule has 15 heteroatoms. The number of isocyanates is 1. The summed E-state index contributed by atoms with van der Waals surface area (Å²) in [4.78, 5) is 62.9. The highest BCUT2D eigenvalue weighted by Crippen LogP contribution is 2.24. The van der Waals surface area contributed by atoms with Gasteiger partial charge in [-0.25, -0.2) is 29.0 Å². The highest BCUT2D eigenvalue weighted by molar-refractivity contribution is 5.75. The van der Waals surface area contributed by atoms with Gasteiger partial charge in [0.05, 0.1) is 25.3 Å². The second-order valence-electron chi connectivity index (χ2n) is 12.1. The van der Waals surface area contributed by atoms with Gasteiger partial charge in [-0.1, -0.05) is 6.42 Å². The van der Waals surface area contributed by atoms with Crippen LogP contribution in [-0.2, 0) is 14.3 Å². The minimum absolute atomic E-state index is 0.0218. The number of amides is 6. The van der Waals surface area contributed by atoms with E-state index in [0.717, 1.165) is 57.8 Å². The first-order chi connectivity index (χ1) is 21.8. The van der Waals surface area contributed by atoms with Gasteiger partial charge in [0.1, 0.15) is 0 Å². The molecule has 3 saturated carbocycles. The normalized spacial score (nSPS) is 26.0. The molecule has 0 radical (unpaired) electrons. The molecule has 0 aromatic carbocycles. The van der Waals surface area contributed by atoms with Gasteiger partial charge < -0.3 is 41.4 Å². The summed E-state index contributed by atoms with van der Waals surface area (Å²) in [7, 11) is 0. The van der Waals surface area contributed by atoms with Crippen LogP contribution in [0.1, 0.15) is 89.9 Å². The molecular formula is C30H48N8O7. The van der Waals surface area contributed by atoms with Crippen molar-refractivity contribution in [3.63, 3.8) is 0 Å². The fourth-order valence-corrected chi connectivity index (χ4v) is 6.14. The molecule has 6 unspecified atom stereocenters. The molecule has 3 rings (SSSR count). The van der Waals surface area contributed by atoms with Crippen LogP contribution in [0.5, 0.6) is 0 Å². The molecule has 3 fully saturated rings. The van der Waals surface area contributed by atoms with Crippen molar-refractivity contribution in [1.82, 2.24) is 31.9 Å². The number of alkyl carbamates (subject to hydrolysis) is 2. The molecule has 6 atom stereocenters. The van der Waals surface area contributed by atoms with Gasteiger partial charge >= 0.3 is 24.2 Å². The van der Waals surface area contributed by atoms with E-state index < -0.39 is 12.2 Å². The van der Waals surface area contributed by atoms with E-state index in [1.807, 2.05) is 0 Å². The Bertz CT molecular complexity index is 1060. The smallest absolute Gasteiger partial charge is 0.407 e. The van der Waals surface area contributed by atoms with E-state index in [1.165, 1.54) is 0 Å². The molecule has 0 spiro atoms. The van der Waals surface area contributed by atoms with Gasteiger partial charge in [-0.2, -0.15) is 5.26 Å². The van der Waals surface area contributed by atoms with Gasteiger partial charge in [-0.3, -0.25) is 0 Å². The average Bonchev–Trinajstić information content (AvgIpc) is 3.01. The Morgan fingerprint density at radius 1 is 0.667 bits per heavy atom. The second-order valence-corrected chi connectivity index (χ2v) is 12.1. The van der Waals surface area contributed by atoms with Gasteiger partial charge in [0, 0.05) is 43.2 Å². The standard InChI is InChI=1S/C30H48N8O7/c31-19-21-6-1-8-23(16-21)37-29(42)44-14-4-12-32-27(40)35-24-9-3-10-25(18-24)36-28(41)33-13-5-15-45-30(43)38-26-11-2-7-22(17-26)34-20-39/h21-26H,1-18H2,(H,37,42)(H,38,43)(H2,32,35,40)(H2,33,36,41). The predicted octanol–water partition coefficient (Wildman–Crippen LogP) is 2.86. The minimum atomic E-state index is -0.521. The largest absolute Gasteiger partial charge is 0.449 e. The van der Waals surface area contributed by atoms with Crippen molar-refractivity contribution in [3.8, 4) is 6.07 Å². The molecule has 0 heterocycles. The van der Waals surface area contributed by atoms with Crippen LogP contribution in [0.25, 0.3) is 0 Å². The first-order valence-corrected chi connectivity index (χ1v) is 16.3. The quantitative estimate of drug-likeness (QED) is 0.101. The van der Waals surface area contributed by atoms with Crippen LogP contribution in [0.2, 0.25) is 0 Å². The highest BCUT2D eigenvalue weighted by atomic mass is 16.6. The summed E-state index contributed by atoms with van der Waals surface area (Å²) in [5, 5.41) is 26.1. The first-order valence-electron chi connectivity index (χ1n) is 16.3. The second kappa shape index (κ2) is 20.1. The summed E-state index contributed by atoms with van der Waals surface area (Å²) in [5.74, 6) is -0.0218. The molecule has 6 N–H and O–H groups in total. The summed E-state index contributed by atoms with van der Waals surface area (Å²) >= 11 is 0. The highest BCUT2D eigenvalue weighted by Gasteiger charge is 2.26. The number of nitrogens with one attached hydrogen (secondary N) is 6. The van der Waals surface area contributed by atoms with Crippen LogP contribution in [0.3, 0.4) is 0 Å². The van der Waals surface area contributed by atoms with Crippen molar-refractivity contribution >= 4 is 30.3 Å². The molecule has 3 aliphatic rings. The van der Waals surface area contributed by atoms with Gasteiger partial charge in [-0.05, 0) is 83.5 Å². The lowest BCUT2D eigenvalue weighted by atomic mass is 9.87. The molecule has 6 amide bonds. The van der Waals surface area contributed by atoms with Crippen molar-refractivity contribution in [2.45, 2.75) is 120 Å². The Balaban J connectivity index is 1.18. The maximum atomic E-state index is 12.3. The van der Waals surface area contributed by atoms with E-state index in [1.54, 1.807) is 6.08 Å². The molecule has 0 aromatic heterocycles. The van der Waals surface area contributed by atoms with Crippen molar-refractivity contribution < 1.29 is 33.4 Å². The summed E-state index contributed by atoms with van der Waals surface area (Å²) in [6.45, 7) is 1.01. The van der Waals surface area contributed by atoms with E-state index >= 15 is 0 Å². The van der Waals surface area contributed by atoms with Gasteiger partial charge in [0.25, 0.3) is 0 Å². The summed E-state index contributed by atoms with van der Waals surface area (Å²) in [6, 6.07) is 1.27. The number of carbonyl (C=O) groups is 4. The third-order valence-corrected chi connectivity index (χ3v) is 8.41. The molecule has 45 heavy (non-hydrogen) atoms. The van der Waals surface area contributed by atoms with Crippen molar-refractivity contribution in [2.24, 2.45) is 10.9 Å². The number of urea groups is 2. The molecule has 250 valence electrons. The Labute approximate surface area is 264 Å². The first kappa shape index (κ1) is 35.4. The van der Waals surface area contributed by atoms with Gasteiger partial charge in [0.2, 0.25) is 6.08 Å². The van der Waals surface area contributed by atoms with Crippen LogP contribution in [0, 0.1) is 17.2 Å². The molecule has 15 nitrogen and oxygen atoms in total. The van der Waals surface area contributed by atoms with E-state index in [0.29, 0.717) is 45.2 Å². The van der Waals surface area contributed by atoms with Crippen LogP contribution in [-0.4, -0.2) is 86.8 Å². The fourth-order valence-electron chi connectivity index (χ4n) is 6.14. The maximum absolute atomic E-state index is 12.3. The SMILES string of the molecule is N#CC1CCCC(NC(=O)OCCCNC(=O)NC2CCCC(NC(=O)NCCCOC(=O)NC3CCCC(N=C=O)C3)C2)C1. The van der Waals surface area contributed by atoms with E-state index in [4.69, 9.17) is 14.7 Å². The number of nitrogens with zero attached hydrogens (tertiary/aromatic N) is 2. The zero-order valence-corrected chi connectivity index (χ0v) is 25.9. The Hall–Kier alpha value is -4.05. The Morgan fingerprint density at radius 3 is 1.69 bits per heavy atom. The third-order valence-electron chi connectivity index (χ3n) is 8.41. The number of aliphatic imine (C=N–C) groups is 1. The Morgan fingerprint density at radius 2 is 1.16 bits per heavy atom. The lowest BCUT2D eigenvalue weighted by Gasteiger charge is -2.30. The summed E-state index contributed by atoms with van der Waals surface area (Å²) < 4.78 is 10.4. The van der Waals surface area contributed by atoms with Gasteiger partial charge in [0.15, 0.2) is 0 Å². The van der Waals surface area contributed by atoms with Crippen LogP contribution >= 0.6 is 0 Å². The van der Waals surface area contributed by atoms with Crippen molar-refractivity contribution in [2.75, 3.05) is 26.3 Å². The number of nitriles is 1.